The number of aromatic nitrogens is 1. The quantitative estimate of drug-likeness (QED) is 0.721. The van der Waals surface area contributed by atoms with Gasteiger partial charge in [-0.05, 0) is 30.4 Å². The predicted molar refractivity (Wildman–Crippen MR) is 101 cm³/mol. The largest absolute Gasteiger partial charge is 0.439 e. The van der Waals surface area contributed by atoms with Crippen molar-refractivity contribution in [2.24, 2.45) is 22.4 Å². The molecule has 2 aliphatic rings. The van der Waals surface area contributed by atoms with Crippen molar-refractivity contribution in [1.29, 1.82) is 0 Å². The Labute approximate surface area is 159 Å². The Morgan fingerprint density at radius 2 is 1.89 bits per heavy atom. The molecule has 146 valence electrons. The van der Waals surface area contributed by atoms with Gasteiger partial charge < -0.3 is 5.11 Å². The normalized spacial score (nSPS) is 29.1. The number of hydrogen-bond acceptors (Lipinski definition) is 5. The molecule has 1 fully saturated rings. The first-order chi connectivity index (χ1) is 12.5. The van der Waals surface area contributed by atoms with Crippen LogP contribution in [0.25, 0.3) is 10.2 Å². The van der Waals surface area contributed by atoms with Gasteiger partial charge in [-0.25, -0.2) is 4.98 Å². The minimum atomic E-state index is -4.85. The Hall–Kier alpha value is -1.67. The maximum atomic E-state index is 14.1. The lowest BCUT2D eigenvalue weighted by molar-refractivity contribution is -0.269. The summed E-state index contributed by atoms with van der Waals surface area (Å²) in [5.74, 6) is -1.17. The van der Waals surface area contributed by atoms with Crippen LogP contribution >= 0.6 is 11.3 Å². The number of aliphatic hydroxyl groups is 1. The van der Waals surface area contributed by atoms with Gasteiger partial charge in [0.2, 0.25) is 5.13 Å². The third-order valence-electron chi connectivity index (χ3n) is 5.65. The van der Waals surface area contributed by atoms with Crippen LogP contribution in [0.3, 0.4) is 0 Å². The average molecular weight is 397 g/mol. The summed E-state index contributed by atoms with van der Waals surface area (Å²) < 4.78 is 43.2. The molecular weight excluding hydrogens is 375 g/mol. The topological polar surface area (TPSA) is 48.7 Å². The fourth-order valence-corrected chi connectivity index (χ4v) is 5.26. The summed E-state index contributed by atoms with van der Waals surface area (Å²) in [6, 6.07) is 7.15. The van der Waals surface area contributed by atoms with Gasteiger partial charge in [-0.15, -0.1) is 0 Å². The predicted octanol–water partition coefficient (Wildman–Crippen LogP) is 5.19. The van der Waals surface area contributed by atoms with E-state index in [9.17, 15) is 18.3 Å². The molecule has 0 amide bonds. The third kappa shape index (κ3) is 2.76. The van der Waals surface area contributed by atoms with Crippen LogP contribution in [0.4, 0.5) is 18.3 Å². The van der Waals surface area contributed by atoms with E-state index >= 15 is 0 Å². The van der Waals surface area contributed by atoms with Crippen LogP contribution in [0.15, 0.2) is 29.4 Å². The molecule has 1 aliphatic heterocycles. The van der Waals surface area contributed by atoms with Crippen LogP contribution < -0.4 is 5.01 Å². The van der Waals surface area contributed by atoms with Gasteiger partial charge in [0.15, 0.2) is 0 Å². The second-order valence-corrected chi connectivity index (χ2v) is 9.44. The van der Waals surface area contributed by atoms with Gasteiger partial charge in [-0.1, -0.05) is 50.7 Å². The van der Waals surface area contributed by atoms with Crippen molar-refractivity contribution in [2.45, 2.75) is 51.9 Å². The van der Waals surface area contributed by atoms with Gasteiger partial charge in [0.25, 0.3) is 5.72 Å². The highest BCUT2D eigenvalue weighted by molar-refractivity contribution is 7.22. The summed E-state index contributed by atoms with van der Waals surface area (Å²) in [6.45, 7) is 6.03. The van der Waals surface area contributed by atoms with E-state index in [1.807, 2.05) is 26.8 Å². The second-order valence-electron chi connectivity index (χ2n) is 8.43. The molecular formula is C19H22F3N3OS. The van der Waals surface area contributed by atoms with Gasteiger partial charge in [0.1, 0.15) is 0 Å². The van der Waals surface area contributed by atoms with Crippen molar-refractivity contribution in [3.05, 3.63) is 24.3 Å². The van der Waals surface area contributed by atoms with Crippen molar-refractivity contribution < 1.29 is 18.3 Å². The molecule has 2 heterocycles. The number of nitrogens with zero attached hydrogens (tertiary/aromatic N) is 3. The minimum absolute atomic E-state index is 0.0746. The molecule has 1 N–H and O–H groups in total. The average Bonchev–Trinajstić information content (AvgIpc) is 3.13. The first-order valence-electron chi connectivity index (χ1n) is 9.07. The van der Waals surface area contributed by atoms with E-state index in [0.29, 0.717) is 17.6 Å². The smallest absolute Gasteiger partial charge is 0.362 e. The van der Waals surface area contributed by atoms with Crippen LogP contribution in [-0.4, -0.2) is 27.7 Å². The van der Waals surface area contributed by atoms with Crippen LogP contribution in [0.1, 0.15) is 40.0 Å². The molecule has 1 aliphatic carbocycles. The number of benzene rings is 1. The van der Waals surface area contributed by atoms with E-state index in [1.54, 1.807) is 18.2 Å². The molecule has 1 saturated carbocycles. The number of hydrogen-bond donors (Lipinski definition) is 1. The summed E-state index contributed by atoms with van der Waals surface area (Å²) in [7, 11) is 0. The van der Waals surface area contributed by atoms with Crippen molar-refractivity contribution in [1.82, 2.24) is 4.98 Å². The van der Waals surface area contributed by atoms with Gasteiger partial charge in [0.05, 0.1) is 21.8 Å². The summed E-state index contributed by atoms with van der Waals surface area (Å²) >= 11 is 1.11. The molecule has 0 unspecified atom stereocenters. The van der Waals surface area contributed by atoms with Gasteiger partial charge in [0, 0.05) is 5.92 Å². The van der Waals surface area contributed by atoms with Gasteiger partial charge in [-0.3, -0.25) is 0 Å². The number of fused-ring (bicyclic) bond motifs is 2. The van der Waals surface area contributed by atoms with Gasteiger partial charge in [-0.2, -0.15) is 23.3 Å². The van der Waals surface area contributed by atoms with E-state index in [4.69, 9.17) is 0 Å². The number of alkyl halides is 3. The van der Waals surface area contributed by atoms with Crippen molar-refractivity contribution in [3.8, 4) is 0 Å². The summed E-state index contributed by atoms with van der Waals surface area (Å²) in [6.07, 6.45) is -3.17. The van der Waals surface area contributed by atoms with E-state index < -0.39 is 17.8 Å². The summed E-state index contributed by atoms with van der Waals surface area (Å²) in [5.41, 5.74) is -2.23. The second kappa shape index (κ2) is 5.91. The van der Waals surface area contributed by atoms with Crippen LogP contribution in [-0.2, 0) is 0 Å². The van der Waals surface area contributed by atoms with Crippen molar-refractivity contribution in [2.75, 3.05) is 5.01 Å². The zero-order chi connectivity index (χ0) is 19.6. The molecule has 27 heavy (non-hydrogen) atoms. The Bertz CT molecular complexity index is 868. The van der Waals surface area contributed by atoms with E-state index in [1.165, 1.54) is 0 Å². The monoisotopic (exact) mass is 397 g/mol. The zero-order valence-corrected chi connectivity index (χ0v) is 16.2. The fourth-order valence-electron chi connectivity index (χ4n) is 4.28. The Morgan fingerprint density at radius 1 is 1.19 bits per heavy atom. The molecule has 0 spiro atoms. The molecule has 4 rings (SSSR count). The fraction of sp³-hybridized carbons (Fsp3) is 0.579. The van der Waals surface area contributed by atoms with E-state index in [-0.39, 0.29) is 22.9 Å². The molecule has 8 heteroatoms. The molecule has 1 aromatic carbocycles. The third-order valence-corrected chi connectivity index (χ3v) is 6.66. The first kappa shape index (κ1) is 18.7. The standard InChI is InChI=1S/C19H22F3N3OS/c1-17(2,3)11-7-6-8-12-15(11)24-25(18(12,26)19(20,21)22)16-23-13-9-4-5-10-14(13)27-16/h4-5,9-12,26H,6-8H2,1-3H3/t11-,12-,18+/m1/s1. The Balaban J connectivity index is 1.88. The maximum absolute atomic E-state index is 14.1. The van der Waals surface area contributed by atoms with Crippen LogP contribution in [0.2, 0.25) is 0 Å². The minimum Gasteiger partial charge on any atom is -0.362 e. The van der Waals surface area contributed by atoms with Crippen LogP contribution in [0.5, 0.6) is 0 Å². The molecule has 4 nitrogen and oxygen atoms in total. The molecule has 0 bridgehead atoms. The molecule has 1 aromatic heterocycles. The Kier molecular flexibility index (Phi) is 4.09. The number of thiazole rings is 1. The lowest BCUT2D eigenvalue weighted by Crippen LogP contribution is -2.61. The van der Waals surface area contributed by atoms with Crippen molar-refractivity contribution >= 4 is 32.4 Å². The van der Waals surface area contributed by atoms with E-state index in [0.717, 1.165) is 27.5 Å². The number of anilines is 1. The van der Waals surface area contributed by atoms with Gasteiger partial charge >= 0.3 is 6.18 Å². The van der Waals surface area contributed by atoms with Crippen molar-refractivity contribution in [3.63, 3.8) is 0 Å². The lowest BCUT2D eigenvalue weighted by atomic mass is 9.66. The number of hydrazone groups is 1. The molecule has 2 aromatic rings. The molecule has 0 saturated heterocycles. The highest BCUT2D eigenvalue weighted by Crippen LogP contribution is 2.53. The lowest BCUT2D eigenvalue weighted by Gasteiger charge is -2.41. The van der Waals surface area contributed by atoms with Crippen LogP contribution in [0, 0.1) is 17.3 Å². The van der Waals surface area contributed by atoms with E-state index in [2.05, 4.69) is 10.1 Å². The first-order valence-corrected chi connectivity index (χ1v) is 9.88. The zero-order valence-electron chi connectivity index (χ0n) is 15.4. The molecule has 3 atom stereocenters. The highest BCUT2D eigenvalue weighted by Gasteiger charge is 2.69. The Morgan fingerprint density at radius 3 is 2.52 bits per heavy atom. The maximum Gasteiger partial charge on any atom is 0.439 e. The number of halogens is 3. The summed E-state index contributed by atoms with van der Waals surface area (Å²) in [4.78, 5) is 4.33. The highest BCUT2D eigenvalue weighted by atomic mass is 32.1. The molecule has 0 radical (unpaired) electrons. The summed E-state index contributed by atoms with van der Waals surface area (Å²) in [5, 5.41) is 16.2. The number of rotatable bonds is 1. The number of para-hydroxylation sites is 1. The SMILES string of the molecule is CC(C)(C)[C@@H]1CCC[C@@H]2C1=NN(c1nc3ccccc3s1)[C@@]2(O)C(F)(F)F.